The SMILES string of the molecule is CC(C)(C)n1cncc1-c1ccc(C=O)cc1. The molecule has 0 saturated heterocycles. The zero-order valence-corrected chi connectivity index (χ0v) is 10.3. The molecule has 0 aliphatic heterocycles. The number of rotatable bonds is 2. The number of benzene rings is 1. The Bertz CT molecular complexity index is 518. The molecule has 3 nitrogen and oxygen atoms in total. The van der Waals surface area contributed by atoms with Crippen molar-refractivity contribution in [3.05, 3.63) is 42.4 Å². The molecule has 1 heterocycles. The molecule has 0 N–H and O–H groups in total. The monoisotopic (exact) mass is 228 g/mol. The normalized spacial score (nSPS) is 11.5. The molecule has 0 aliphatic carbocycles. The molecule has 0 aliphatic rings. The molecule has 0 bridgehead atoms. The lowest BCUT2D eigenvalue weighted by Crippen LogP contribution is -2.21. The Kier molecular flexibility index (Phi) is 2.84. The second kappa shape index (κ2) is 4.17. The molecule has 0 unspecified atom stereocenters. The van der Waals surface area contributed by atoms with Crippen molar-refractivity contribution in [3.63, 3.8) is 0 Å². The first-order chi connectivity index (χ1) is 8.02. The van der Waals surface area contributed by atoms with Crippen molar-refractivity contribution in [1.29, 1.82) is 0 Å². The van der Waals surface area contributed by atoms with E-state index in [4.69, 9.17) is 0 Å². The fourth-order valence-electron chi connectivity index (χ4n) is 1.78. The summed E-state index contributed by atoms with van der Waals surface area (Å²) in [5, 5.41) is 0. The topological polar surface area (TPSA) is 34.9 Å². The van der Waals surface area contributed by atoms with E-state index in [0.717, 1.165) is 17.5 Å². The molecular formula is C14H16N2O. The van der Waals surface area contributed by atoms with Crippen LogP contribution >= 0.6 is 0 Å². The van der Waals surface area contributed by atoms with E-state index in [0.29, 0.717) is 5.56 Å². The molecule has 0 atom stereocenters. The number of aromatic nitrogens is 2. The predicted molar refractivity (Wildman–Crippen MR) is 68.0 cm³/mol. The lowest BCUT2D eigenvalue weighted by molar-refractivity contribution is 0.112. The minimum Gasteiger partial charge on any atom is -0.325 e. The first kappa shape index (κ1) is 11.6. The molecule has 2 rings (SSSR count). The highest BCUT2D eigenvalue weighted by Gasteiger charge is 2.16. The molecule has 1 aromatic carbocycles. The first-order valence-electron chi connectivity index (χ1n) is 5.61. The second-order valence-electron chi connectivity index (χ2n) is 5.06. The van der Waals surface area contributed by atoms with E-state index in [1.54, 1.807) is 0 Å². The smallest absolute Gasteiger partial charge is 0.150 e. The number of aldehydes is 1. The minimum atomic E-state index is -0.00480. The molecule has 2 aromatic rings. The number of hydrogen-bond acceptors (Lipinski definition) is 2. The van der Waals surface area contributed by atoms with Crippen LogP contribution in [-0.4, -0.2) is 15.8 Å². The van der Waals surface area contributed by atoms with Crippen LogP contribution in [0.5, 0.6) is 0 Å². The number of hydrogen-bond donors (Lipinski definition) is 0. The van der Waals surface area contributed by atoms with Crippen molar-refractivity contribution < 1.29 is 4.79 Å². The Morgan fingerprint density at radius 2 is 1.82 bits per heavy atom. The van der Waals surface area contributed by atoms with Crippen molar-refractivity contribution in [1.82, 2.24) is 9.55 Å². The zero-order chi connectivity index (χ0) is 12.5. The molecule has 0 saturated carbocycles. The van der Waals surface area contributed by atoms with Crippen LogP contribution in [0, 0.1) is 0 Å². The maximum absolute atomic E-state index is 10.6. The Morgan fingerprint density at radius 3 is 2.35 bits per heavy atom. The summed E-state index contributed by atoms with van der Waals surface area (Å²) in [6, 6.07) is 7.54. The summed E-state index contributed by atoms with van der Waals surface area (Å²) in [4.78, 5) is 14.8. The van der Waals surface area contributed by atoms with E-state index in [2.05, 4.69) is 30.3 Å². The minimum absolute atomic E-state index is 0.00480. The number of imidazole rings is 1. The Morgan fingerprint density at radius 1 is 1.18 bits per heavy atom. The van der Waals surface area contributed by atoms with E-state index in [-0.39, 0.29) is 5.54 Å². The molecule has 3 heteroatoms. The largest absolute Gasteiger partial charge is 0.325 e. The van der Waals surface area contributed by atoms with E-state index in [1.165, 1.54) is 0 Å². The Labute approximate surface area is 101 Å². The van der Waals surface area contributed by atoms with Crippen molar-refractivity contribution in [2.45, 2.75) is 26.3 Å². The maximum Gasteiger partial charge on any atom is 0.150 e. The van der Waals surface area contributed by atoms with E-state index >= 15 is 0 Å². The number of carbonyl (C=O) groups excluding carboxylic acids is 1. The van der Waals surface area contributed by atoms with Gasteiger partial charge in [0.1, 0.15) is 6.29 Å². The van der Waals surface area contributed by atoms with Crippen molar-refractivity contribution in [2.24, 2.45) is 0 Å². The fourth-order valence-corrected chi connectivity index (χ4v) is 1.78. The van der Waals surface area contributed by atoms with Gasteiger partial charge in [-0.05, 0) is 26.3 Å². The van der Waals surface area contributed by atoms with Crippen LogP contribution < -0.4 is 0 Å². The van der Waals surface area contributed by atoms with Crippen LogP contribution in [0.2, 0.25) is 0 Å². The van der Waals surface area contributed by atoms with Crippen LogP contribution in [0.15, 0.2) is 36.8 Å². The van der Waals surface area contributed by atoms with Crippen LogP contribution in [0.4, 0.5) is 0 Å². The lowest BCUT2D eigenvalue weighted by atomic mass is 10.1. The molecule has 1 aromatic heterocycles. The Balaban J connectivity index is 2.46. The van der Waals surface area contributed by atoms with Gasteiger partial charge in [-0.2, -0.15) is 0 Å². The van der Waals surface area contributed by atoms with Gasteiger partial charge in [-0.25, -0.2) is 4.98 Å². The summed E-state index contributed by atoms with van der Waals surface area (Å²) >= 11 is 0. The zero-order valence-electron chi connectivity index (χ0n) is 10.3. The lowest BCUT2D eigenvalue weighted by Gasteiger charge is -2.23. The van der Waals surface area contributed by atoms with Gasteiger partial charge in [-0.1, -0.05) is 24.3 Å². The highest BCUT2D eigenvalue weighted by Crippen LogP contribution is 2.25. The van der Waals surface area contributed by atoms with Gasteiger partial charge in [0.25, 0.3) is 0 Å². The standard InChI is InChI=1S/C14H16N2O/c1-14(2,3)16-10-15-8-13(16)12-6-4-11(9-17)5-7-12/h4-10H,1-3H3. The summed E-state index contributed by atoms with van der Waals surface area (Å²) in [5.41, 5.74) is 2.82. The van der Waals surface area contributed by atoms with E-state index < -0.39 is 0 Å². The average Bonchev–Trinajstić information content (AvgIpc) is 2.78. The number of nitrogens with zero attached hydrogens (tertiary/aromatic N) is 2. The van der Waals surface area contributed by atoms with Gasteiger partial charge in [-0.15, -0.1) is 0 Å². The van der Waals surface area contributed by atoms with Crippen molar-refractivity contribution in [2.75, 3.05) is 0 Å². The summed E-state index contributed by atoms with van der Waals surface area (Å²) in [6.07, 6.45) is 4.54. The van der Waals surface area contributed by atoms with Gasteiger partial charge >= 0.3 is 0 Å². The molecule has 0 spiro atoms. The maximum atomic E-state index is 10.6. The van der Waals surface area contributed by atoms with E-state index in [9.17, 15) is 4.79 Å². The fraction of sp³-hybridized carbons (Fsp3) is 0.286. The quantitative estimate of drug-likeness (QED) is 0.740. The number of carbonyl (C=O) groups is 1. The predicted octanol–water partition coefficient (Wildman–Crippen LogP) is 3.12. The van der Waals surface area contributed by atoms with Gasteiger partial charge < -0.3 is 4.57 Å². The third kappa shape index (κ3) is 2.28. The van der Waals surface area contributed by atoms with Crippen molar-refractivity contribution in [3.8, 4) is 11.3 Å². The third-order valence-corrected chi connectivity index (χ3v) is 2.70. The van der Waals surface area contributed by atoms with E-state index in [1.807, 2.05) is 36.8 Å². The highest BCUT2D eigenvalue weighted by atomic mass is 16.1. The molecule has 0 amide bonds. The summed E-state index contributed by atoms with van der Waals surface area (Å²) in [5.74, 6) is 0. The molecular weight excluding hydrogens is 212 g/mol. The van der Waals surface area contributed by atoms with Gasteiger partial charge in [-0.3, -0.25) is 4.79 Å². The van der Waals surface area contributed by atoms with Crippen molar-refractivity contribution >= 4 is 6.29 Å². The van der Waals surface area contributed by atoms with Crippen LogP contribution in [0.25, 0.3) is 11.3 Å². The van der Waals surface area contributed by atoms with Gasteiger partial charge in [0.15, 0.2) is 0 Å². The Hall–Kier alpha value is -1.90. The summed E-state index contributed by atoms with van der Waals surface area (Å²) < 4.78 is 2.13. The average molecular weight is 228 g/mol. The third-order valence-electron chi connectivity index (χ3n) is 2.70. The first-order valence-corrected chi connectivity index (χ1v) is 5.61. The van der Waals surface area contributed by atoms with Crippen LogP contribution in [0.3, 0.4) is 0 Å². The van der Waals surface area contributed by atoms with Crippen LogP contribution in [-0.2, 0) is 5.54 Å². The molecule has 17 heavy (non-hydrogen) atoms. The summed E-state index contributed by atoms with van der Waals surface area (Å²) in [7, 11) is 0. The molecule has 0 radical (unpaired) electrons. The summed E-state index contributed by atoms with van der Waals surface area (Å²) in [6.45, 7) is 6.41. The van der Waals surface area contributed by atoms with Gasteiger partial charge in [0.05, 0.1) is 18.2 Å². The second-order valence-corrected chi connectivity index (χ2v) is 5.06. The highest BCUT2D eigenvalue weighted by molar-refractivity contribution is 5.76. The molecule has 88 valence electrons. The van der Waals surface area contributed by atoms with Gasteiger partial charge in [0, 0.05) is 11.1 Å². The van der Waals surface area contributed by atoms with Crippen LogP contribution in [0.1, 0.15) is 31.1 Å². The molecule has 0 fully saturated rings. The van der Waals surface area contributed by atoms with Gasteiger partial charge in [0.2, 0.25) is 0 Å².